The van der Waals surface area contributed by atoms with Gasteiger partial charge in [0.05, 0.1) is 6.10 Å². The molecular weight excluding hydrogens is 262 g/mol. The van der Waals surface area contributed by atoms with Crippen LogP contribution in [0.1, 0.15) is 46.0 Å². The Balaban J connectivity index is 0.000000367. The fourth-order valence-corrected chi connectivity index (χ4v) is 1.46. The zero-order chi connectivity index (χ0) is 15.5. The third-order valence-corrected chi connectivity index (χ3v) is 2.73. The molecule has 0 amide bonds. The van der Waals surface area contributed by atoms with Gasteiger partial charge in [-0.2, -0.15) is 0 Å². The van der Waals surface area contributed by atoms with E-state index in [-0.39, 0.29) is 11.9 Å². The van der Waals surface area contributed by atoms with Crippen molar-refractivity contribution in [1.29, 1.82) is 0 Å². The summed E-state index contributed by atoms with van der Waals surface area (Å²) < 4.78 is 4.69. The SMILES string of the molecule is CCC(C)OC(=O)CC(=O)O.CNC1=CC(=O)CCC1. The minimum absolute atomic E-state index is 0.193. The minimum Gasteiger partial charge on any atom is -0.481 e. The van der Waals surface area contributed by atoms with Crippen LogP contribution in [0.5, 0.6) is 0 Å². The van der Waals surface area contributed by atoms with E-state index < -0.39 is 18.4 Å². The van der Waals surface area contributed by atoms with Gasteiger partial charge in [0.15, 0.2) is 5.78 Å². The predicted octanol–water partition coefficient (Wildman–Crippen LogP) is 1.65. The summed E-state index contributed by atoms with van der Waals surface area (Å²) in [7, 11) is 1.85. The molecule has 0 aromatic rings. The topological polar surface area (TPSA) is 92.7 Å². The van der Waals surface area contributed by atoms with E-state index >= 15 is 0 Å². The standard InChI is InChI=1S/C7H11NO.C7H12O4/c1-8-6-3-2-4-7(9)5-6;1-3-5(2)11-7(10)4-6(8)9/h5,8H,2-4H2,1H3;5H,3-4H2,1-2H3,(H,8,9). The number of aliphatic carboxylic acids is 1. The van der Waals surface area contributed by atoms with Crippen LogP contribution in [-0.4, -0.2) is 36.0 Å². The van der Waals surface area contributed by atoms with Gasteiger partial charge in [0.2, 0.25) is 0 Å². The zero-order valence-corrected chi connectivity index (χ0v) is 12.3. The number of ketones is 1. The summed E-state index contributed by atoms with van der Waals surface area (Å²) in [4.78, 5) is 31.3. The van der Waals surface area contributed by atoms with Crippen LogP contribution in [-0.2, 0) is 19.1 Å². The number of carboxylic acid groups (broad SMARTS) is 1. The Morgan fingerprint density at radius 2 is 2.10 bits per heavy atom. The number of carbonyl (C=O) groups excluding carboxylic acids is 2. The molecule has 114 valence electrons. The summed E-state index contributed by atoms with van der Waals surface area (Å²) in [5, 5.41) is 11.1. The first-order chi connectivity index (χ1) is 9.38. The molecule has 0 aromatic heterocycles. The van der Waals surface area contributed by atoms with E-state index in [4.69, 9.17) is 9.84 Å². The average Bonchev–Trinajstić information content (AvgIpc) is 2.38. The summed E-state index contributed by atoms with van der Waals surface area (Å²) in [6.45, 7) is 3.58. The maximum Gasteiger partial charge on any atom is 0.317 e. The molecule has 1 atom stereocenters. The lowest BCUT2D eigenvalue weighted by molar-refractivity contribution is -0.154. The first kappa shape index (κ1) is 18.1. The van der Waals surface area contributed by atoms with Crippen LogP contribution in [0.4, 0.5) is 0 Å². The van der Waals surface area contributed by atoms with E-state index in [0.717, 1.165) is 25.0 Å². The van der Waals surface area contributed by atoms with Crippen LogP contribution in [0.3, 0.4) is 0 Å². The Labute approximate surface area is 119 Å². The number of carboxylic acids is 1. The Morgan fingerprint density at radius 1 is 1.45 bits per heavy atom. The highest BCUT2D eigenvalue weighted by Gasteiger charge is 2.11. The second-order valence-electron chi connectivity index (χ2n) is 4.52. The molecule has 0 bridgehead atoms. The molecule has 6 nitrogen and oxygen atoms in total. The molecule has 0 aromatic carbocycles. The van der Waals surface area contributed by atoms with Crippen molar-refractivity contribution in [2.24, 2.45) is 0 Å². The van der Waals surface area contributed by atoms with Gasteiger partial charge >= 0.3 is 11.9 Å². The van der Waals surface area contributed by atoms with Crippen molar-refractivity contribution in [3.63, 3.8) is 0 Å². The van der Waals surface area contributed by atoms with Gasteiger partial charge in [-0.25, -0.2) is 0 Å². The lowest BCUT2D eigenvalue weighted by Gasteiger charge is -2.09. The molecule has 1 rings (SSSR count). The fraction of sp³-hybridized carbons (Fsp3) is 0.643. The maximum absolute atomic E-state index is 10.7. The molecule has 0 aliphatic heterocycles. The van der Waals surface area contributed by atoms with Crippen molar-refractivity contribution in [1.82, 2.24) is 5.32 Å². The summed E-state index contributed by atoms with van der Waals surface area (Å²) in [6.07, 6.45) is 4.42. The highest BCUT2D eigenvalue weighted by Crippen LogP contribution is 2.11. The van der Waals surface area contributed by atoms with E-state index in [1.54, 1.807) is 13.0 Å². The van der Waals surface area contributed by atoms with E-state index in [0.29, 0.717) is 6.42 Å². The number of rotatable bonds is 5. The van der Waals surface area contributed by atoms with E-state index in [1.807, 2.05) is 14.0 Å². The molecule has 2 N–H and O–H groups in total. The third-order valence-electron chi connectivity index (χ3n) is 2.73. The van der Waals surface area contributed by atoms with Gasteiger partial charge in [-0.3, -0.25) is 14.4 Å². The van der Waals surface area contributed by atoms with Gasteiger partial charge < -0.3 is 15.2 Å². The normalized spacial score (nSPS) is 15.3. The predicted molar refractivity (Wildman–Crippen MR) is 74.1 cm³/mol. The number of esters is 1. The Morgan fingerprint density at radius 3 is 2.50 bits per heavy atom. The quantitative estimate of drug-likeness (QED) is 0.589. The van der Waals surface area contributed by atoms with Gasteiger partial charge in [0.25, 0.3) is 0 Å². The summed E-state index contributed by atoms with van der Waals surface area (Å²) in [6, 6.07) is 0. The van der Waals surface area contributed by atoms with Gasteiger partial charge in [-0.05, 0) is 32.3 Å². The molecule has 1 aliphatic carbocycles. The van der Waals surface area contributed by atoms with Gasteiger partial charge in [-0.15, -0.1) is 0 Å². The van der Waals surface area contributed by atoms with Crippen molar-refractivity contribution in [3.8, 4) is 0 Å². The molecule has 6 heteroatoms. The fourth-order valence-electron chi connectivity index (χ4n) is 1.46. The van der Waals surface area contributed by atoms with Crippen LogP contribution >= 0.6 is 0 Å². The molecule has 0 fully saturated rings. The van der Waals surface area contributed by atoms with Gasteiger partial charge in [0.1, 0.15) is 6.42 Å². The Kier molecular flexibility index (Phi) is 9.07. The molecule has 1 aliphatic rings. The second-order valence-corrected chi connectivity index (χ2v) is 4.52. The number of ether oxygens (including phenoxy) is 1. The molecule has 0 heterocycles. The zero-order valence-electron chi connectivity index (χ0n) is 12.3. The van der Waals surface area contributed by atoms with Crippen molar-refractivity contribution in [2.75, 3.05) is 7.05 Å². The molecule has 0 saturated carbocycles. The number of hydrogen-bond acceptors (Lipinski definition) is 5. The Hall–Kier alpha value is -1.85. The summed E-state index contributed by atoms with van der Waals surface area (Å²) >= 11 is 0. The van der Waals surface area contributed by atoms with Crippen LogP contribution < -0.4 is 5.32 Å². The summed E-state index contributed by atoms with van der Waals surface area (Å²) in [5.74, 6) is -1.57. The van der Waals surface area contributed by atoms with Crippen LogP contribution in [0.25, 0.3) is 0 Å². The molecule has 0 radical (unpaired) electrons. The molecule has 1 unspecified atom stereocenters. The van der Waals surface area contributed by atoms with Gasteiger partial charge in [-0.1, -0.05) is 6.92 Å². The van der Waals surface area contributed by atoms with E-state index in [1.165, 1.54) is 0 Å². The summed E-state index contributed by atoms with van der Waals surface area (Å²) in [5.41, 5.74) is 1.08. The van der Waals surface area contributed by atoms with E-state index in [9.17, 15) is 14.4 Å². The van der Waals surface area contributed by atoms with Gasteiger partial charge in [0, 0.05) is 19.2 Å². The van der Waals surface area contributed by atoms with Crippen molar-refractivity contribution >= 4 is 17.7 Å². The first-order valence-corrected chi connectivity index (χ1v) is 6.71. The van der Waals surface area contributed by atoms with Crippen LogP contribution in [0.2, 0.25) is 0 Å². The first-order valence-electron chi connectivity index (χ1n) is 6.71. The maximum atomic E-state index is 10.7. The molecule has 20 heavy (non-hydrogen) atoms. The Bertz CT molecular complexity index is 376. The minimum atomic E-state index is -1.15. The monoisotopic (exact) mass is 285 g/mol. The van der Waals surface area contributed by atoms with Crippen molar-refractivity contribution in [3.05, 3.63) is 11.8 Å². The highest BCUT2D eigenvalue weighted by atomic mass is 16.5. The van der Waals surface area contributed by atoms with Crippen LogP contribution in [0, 0.1) is 0 Å². The number of hydrogen-bond donors (Lipinski definition) is 2. The lowest BCUT2D eigenvalue weighted by Crippen LogP contribution is -2.16. The van der Waals surface area contributed by atoms with Crippen LogP contribution in [0.15, 0.2) is 11.8 Å². The molecule has 0 saturated heterocycles. The number of allylic oxidation sites excluding steroid dienone is 2. The molecule has 0 spiro atoms. The second kappa shape index (κ2) is 10.00. The largest absolute Gasteiger partial charge is 0.481 e. The smallest absolute Gasteiger partial charge is 0.317 e. The molecular formula is C14H23NO5. The average molecular weight is 285 g/mol. The third kappa shape index (κ3) is 9.13. The van der Waals surface area contributed by atoms with Crippen molar-refractivity contribution in [2.45, 2.75) is 52.1 Å². The lowest BCUT2D eigenvalue weighted by atomic mass is 10.0. The number of carbonyl (C=O) groups is 3. The van der Waals surface area contributed by atoms with E-state index in [2.05, 4.69) is 5.32 Å². The number of nitrogens with one attached hydrogen (secondary N) is 1. The van der Waals surface area contributed by atoms with Crippen molar-refractivity contribution < 1.29 is 24.2 Å². The highest BCUT2D eigenvalue weighted by molar-refractivity contribution is 5.91.